The van der Waals surface area contributed by atoms with Crippen LogP contribution in [0.2, 0.25) is 5.02 Å². The number of rotatable bonds is 2. The molecule has 1 atom stereocenters. The molecule has 0 fully saturated rings. The average Bonchev–Trinajstić information content (AvgIpc) is 2.97. The Labute approximate surface area is 162 Å². The van der Waals surface area contributed by atoms with Gasteiger partial charge in [0.2, 0.25) is 5.91 Å². The molecule has 1 aliphatic heterocycles. The molecule has 1 aromatic heterocycles. The van der Waals surface area contributed by atoms with Crippen molar-refractivity contribution < 1.29 is 4.79 Å². The van der Waals surface area contributed by atoms with E-state index in [1.807, 2.05) is 56.3 Å². The molecule has 0 spiro atoms. The molecule has 0 aliphatic carbocycles. The van der Waals surface area contributed by atoms with Gasteiger partial charge >= 0.3 is 0 Å². The summed E-state index contributed by atoms with van der Waals surface area (Å²) >= 11 is 6.30. The molecule has 3 aromatic rings. The Balaban J connectivity index is 1.87. The van der Waals surface area contributed by atoms with E-state index >= 15 is 0 Å². The summed E-state index contributed by atoms with van der Waals surface area (Å²) in [5, 5.41) is 0.621. The summed E-state index contributed by atoms with van der Waals surface area (Å²) in [7, 11) is 1.64. The first-order chi connectivity index (χ1) is 12.8. The lowest BCUT2D eigenvalue weighted by Crippen LogP contribution is -2.47. The fraction of sp³-hybridized carbons (Fsp3) is 0.250. The molecule has 7 heteroatoms. The molecular weight excluding hydrogens is 362 g/mol. The van der Waals surface area contributed by atoms with Gasteiger partial charge in [-0.05, 0) is 43.7 Å². The number of aliphatic imine (C=N–C) groups is 1. The molecule has 138 valence electrons. The largest absolute Gasteiger partial charge is 0.369 e. The van der Waals surface area contributed by atoms with Gasteiger partial charge in [0.15, 0.2) is 5.96 Å². The lowest BCUT2D eigenvalue weighted by Gasteiger charge is -2.33. The van der Waals surface area contributed by atoms with Crippen LogP contribution in [-0.2, 0) is 10.3 Å². The second-order valence-electron chi connectivity index (χ2n) is 7.03. The lowest BCUT2D eigenvalue weighted by atomic mass is 9.87. The van der Waals surface area contributed by atoms with Crippen LogP contribution >= 0.6 is 11.6 Å². The molecule has 27 heavy (non-hydrogen) atoms. The summed E-state index contributed by atoms with van der Waals surface area (Å²) < 4.78 is 2.05. The highest BCUT2D eigenvalue weighted by Crippen LogP contribution is 2.35. The van der Waals surface area contributed by atoms with Crippen LogP contribution in [0.1, 0.15) is 24.7 Å². The van der Waals surface area contributed by atoms with Gasteiger partial charge in [0.25, 0.3) is 0 Å². The van der Waals surface area contributed by atoms with E-state index in [2.05, 4.69) is 14.5 Å². The Morgan fingerprint density at radius 3 is 2.70 bits per heavy atom. The van der Waals surface area contributed by atoms with Crippen molar-refractivity contribution in [2.24, 2.45) is 10.7 Å². The van der Waals surface area contributed by atoms with Crippen molar-refractivity contribution in [3.05, 3.63) is 58.9 Å². The summed E-state index contributed by atoms with van der Waals surface area (Å²) in [5.41, 5.74) is 8.82. The number of para-hydroxylation sites is 1. The molecule has 2 N–H and O–H groups in total. The van der Waals surface area contributed by atoms with Crippen LogP contribution in [0.5, 0.6) is 0 Å². The van der Waals surface area contributed by atoms with Crippen molar-refractivity contribution in [1.29, 1.82) is 0 Å². The fourth-order valence-electron chi connectivity index (χ4n) is 3.56. The number of benzene rings is 2. The van der Waals surface area contributed by atoms with Crippen molar-refractivity contribution in [1.82, 2.24) is 14.5 Å². The monoisotopic (exact) mass is 381 g/mol. The maximum absolute atomic E-state index is 12.3. The van der Waals surface area contributed by atoms with Crippen LogP contribution in [-0.4, -0.2) is 33.4 Å². The topological polar surface area (TPSA) is 76.5 Å². The van der Waals surface area contributed by atoms with E-state index in [-0.39, 0.29) is 18.3 Å². The minimum atomic E-state index is -0.703. The number of nitrogens with two attached hydrogens (primary N) is 1. The van der Waals surface area contributed by atoms with E-state index in [1.54, 1.807) is 7.05 Å². The maximum Gasteiger partial charge on any atom is 0.231 e. The molecular formula is C20H20ClN5O. The molecule has 1 amide bonds. The Morgan fingerprint density at radius 2 is 1.96 bits per heavy atom. The highest BCUT2D eigenvalue weighted by Gasteiger charge is 2.36. The van der Waals surface area contributed by atoms with Crippen molar-refractivity contribution in [3.63, 3.8) is 0 Å². The number of guanidine groups is 1. The maximum atomic E-state index is 12.3. The van der Waals surface area contributed by atoms with Gasteiger partial charge in [0, 0.05) is 12.7 Å². The molecule has 0 unspecified atom stereocenters. The number of imidazole rings is 1. The second kappa shape index (κ2) is 6.09. The van der Waals surface area contributed by atoms with Gasteiger partial charge in [-0.2, -0.15) is 0 Å². The zero-order valence-electron chi connectivity index (χ0n) is 15.4. The van der Waals surface area contributed by atoms with Crippen LogP contribution < -0.4 is 5.73 Å². The molecule has 4 rings (SSSR count). The van der Waals surface area contributed by atoms with Gasteiger partial charge in [0.05, 0.1) is 22.5 Å². The van der Waals surface area contributed by atoms with Gasteiger partial charge in [-0.1, -0.05) is 29.8 Å². The van der Waals surface area contributed by atoms with Gasteiger partial charge in [-0.15, -0.1) is 0 Å². The highest BCUT2D eigenvalue weighted by atomic mass is 35.5. The summed E-state index contributed by atoms with van der Waals surface area (Å²) in [6.45, 7) is 3.87. The number of hydrogen-bond acceptors (Lipinski definition) is 4. The first-order valence-electron chi connectivity index (χ1n) is 8.66. The van der Waals surface area contributed by atoms with Crippen molar-refractivity contribution >= 4 is 34.5 Å². The summed E-state index contributed by atoms with van der Waals surface area (Å²) in [4.78, 5) is 22.9. The predicted molar refractivity (Wildman–Crippen MR) is 107 cm³/mol. The summed E-state index contributed by atoms with van der Waals surface area (Å²) in [6, 6.07) is 13.7. The standard InChI is InChI=1S/C20H20ClN5O/c1-12-23-18-15(21)8-5-9-16(18)26(12)14-7-4-6-13(10-14)20(2)11-17(27)25(3)19(22)24-20/h4-10H,11H2,1-3H3,(H2,22,24)/t20-/m0/s1. The number of aryl methyl sites for hydroxylation is 1. The molecule has 1 aliphatic rings. The Morgan fingerprint density at radius 1 is 1.22 bits per heavy atom. The Hall–Kier alpha value is -2.86. The molecule has 0 saturated carbocycles. The molecule has 2 aromatic carbocycles. The lowest BCUT2D eigenvalue weighted by molar-refractivity contribution is -0.128. The first-order valence-corrected chi connectivity index (χ1v) is 9.04. The predicted octanol–water partition coefficient (Wildman–Crippen LogP) is 3.38. The Kier molecular flexibility index (Phi) is 3.96. The summed E-state index contributed by atoms with van der Waals surface area (Å²) in [5.74, 6) is 1.02. The number of carbonyl (C=O) groups is 1. The number of amides is 1. The van der Waals surface area contributed by atoms with Gasteiger partial charge in [0.1, 0.15) is 11.3 Å². The smallest absolute Gasteiger partial charge is 0.231 e. The molecule has 0 bridgehead atoms. The minimum Gasteiger partial charge on any atom is -0.369 e. The van der Waals surface area contributed by atoms with Gasteiger partial charge < -0.3 is 5.73 Å². The van der Waals surface area contributed by atoms with Crippen molar-refractivity contribution in [2.75, 3.05) is 7.05 Å². The van der Waals surface area contributed by atoms with Crippen LogP contribution in [0.3, 0.4) is 0 Å². The highest BCUT2D eigenvalue weighted by molar-refractivity contribution is 6.34. The third-order valence-corrected chi connectivity index (χ3v) is 5.41. The quantitative estimate of drug-likeness (QED) is 0.739. The number of halogens is 1. The zero-order chi connectivity index (χ0) is 19.3. The van der Waals surface area contributed by atoms with Crippen molar-refractivity contribution in [2.45, 2.75) is 25.8 Å². The third-order valence-electron chi connectivity index (χ3n) is 5.10. The molecule has 0 saturated heterocycles. The summed E-state index contributed by atoms with van der Waals surface area (Å²) in [6.07, 6.45) is 0.267. The number of fused-ring (bicyclic) bond motifs is 1. The van der Waals surface area contributed by atoms with Gasteiger partial charge in [-0.3, -0.25) is 14.3 Å². The number of hydrogen-bond donors (Lipinski definition) is 1. The Bertz CT molecular complexity index is 1100. The SMILES string of the molecule is Cc1nc2c(Cl)cccc2n1-c1cccc([C@]2(C)CC(=O)N(C)C(N)=N2)c1. The second-order valence-corrected chi connectivity index (χ2v) is 7.43. The average molecular weight is 382 g/mol. The van der Waals surface area contributed by atoms with E-state index in [1.165, 1.54) is 4.90 Å². The number of carbonyl (C=O) groups excluding carboxylic acids is 1. The minimum absolute atomic E-state index is 0.0496. The van der Waals surface area contributed by atoms with Crippen LogP contribution in [0, 0.1) is 6.92 Å². The van der Waals surface area contributed by atoms with Crippen molar-refractivity contribution in [3.8, 4) is 5.69 Å². The first kappa shape index (κ1) is 17.5. The third kappa shape index (κ3) is 2.77. The molecule has 6 nitrogen and oxygen atoms in total. The van der Waals surface area contributed by atoms with E-state index in [9.17, 15) is 4.79 Å². The van der Waals surface area contributed by atoms with E-state index in [4.69, 9.17) is 17.3 Å². The van der Waals surface area contributed by atoms with Crippen LogP contribution in [0.15, 0.2) is 47.5 Å². The zero-order valence-corrected chi connectivity index (χ0v) is 16.2. The normalized spacial score (nSPS) is 20.2. The fourth-order valence-corrected chi connectivity index (χ4v) is 3.77. The van der Waals surface area contributed by atoms with E-state index < -0.39 is 5.54 Å². The van der Waals surface area contributed by atoms with Crippen LogP contribution in [0.4, 0.5) is 0 Å². The van der Waals surface area contributed by atoms with E-state index in [0.29, 0.717) is 5.02 Å². The molecule has 2 heterocycles. The number of nitrogens with zero attached hydrogens (tertiary/aromatic N) is 4. The molecule has 0 radical (unpaired) electrons. The number of aromatic nitrogens is 2. The van der Waals surface area contributed by atoms with Gasteiger partial charge in [-0.25, -0.2) is 9.98 Å². The van der Waals surface area contributed by atoms with Crippen LogP contribution in [0.25, 0.3) is 16.7 Å². The van der Waals surface area contributed by atoms with E-state index in [0.717, 1.165) is 28.1 Å².